The van der Waals surface area contributed by atoms with E-state index in [9.17, 15) is 4.79 Å². The van der Waals surface area contributed by atoms with E-state index in [4.69, 9.17) is 4.74 Å². The molecule has 1 atom stereocenters. The lowest BCUT2D eigenvalue weighted by molar-refractivity contribution is -0.123. The van der Waals surface area contributed by atoms with Crippen LogP contribution in [0.4, 0.5) is 0 Å². The molecule has 0 unspecified atom stereocenters. The van der Waals surface area contributed by atoms with E-state index in [2.05, 4.69) is 44.3 Å². The number of carbonyl (C=O) groups excluding carboxylic acids is 1. The lowest BCUT2D eigenvalue weighted by Gasteiger charge is -2.17. The summed E-state index contributed by atoms with van der Waals surface area (Å²) >= 11 is 0. The summed E-state index contributed by atoms with van der Waals surface area (Å²) in [7, 11) is 0. The summed E-state index contributed by atoms with van der Waals surface area (Å²) < 4.78 is 5.58. The van der Waals surface area contributed by atoms with Gasteiger partial charge in [0.15, 0.2) is 6.61 Å². The highest BCUT2D eigenvalue weighted by Crippen LogP contribution is 2.19. The van der Waals surface area contributed by atoms with Gasteiger partial charge < -0.3 is 10.1 Å². The third-order valence-corrected chi connectivity index (χ3v) is 4.12. The van der Waals surface area contributed by atoms with E-state index in [0.29, 0.717) is 0 Å². The van der Waals surface area contributed by atoms with Crippen molar-refractivity contribution in [3.8, 4) is 5.75 Å². The van der Waals surface area contributed by atoms with Crippen LogP contribution in [0.15, 0.2) is 36.4 Å². The molecule has 2 aromatic carbocycles. The van der Waals surface area contributed by atoms with Gasteiger partial charge in [-0.15, -0.1) is 0 Å². The highest BCUT2D eigenvalue weighted by molar-refractivity contribution is 5.78. The Balaban J connectivity index is 1.92. The molecule has 1 amide bonds. The van der Waals surface area contributed by atoms with Gasteiger partial charge in [0.2, 0.25) is 0 Å². The number of hydrogen-bond acceptors (Lipinski definition) is 2. The molecule has 0 aromatic heterocycles. The quantitative estimate of drug-likeness (QED) is 0.899. The zero-order valence-electron chi connectivity index (χ0n) is 14.6. The van der Waals surface area contributed by atoms with E-state index in [-0.39, 0.29) is 18.6 Å². The number of rotatable bonds is 5. The first-order chi connectivity index (χ1) is 10.9. The maximum atomic E-state index is 12.1. The van der Waals surface area contributed by atoms with E-state index in [1.807, 2.05) is 32.0 Å². The summed E-state index contributed by atoms with van der Waals surface area (Å²) in [5.74, 6) is 0.609. The Labute approximate surface area is 138 Å². The molecule has 1 N–H and O–H groups in total. The van der Waals surface area contributed by atoms with Gasteiger partial charge in [-0.1, -0.05) is 29.8 Å². The smallest absolute Gasteiger partial charge is 0.258 e. The average Bonchev–Trinajstić information content (AvgIpc) is 2.48. The van der Waals surface area contributed by atoms with Crippen molar-refractivity contribution in [2.75, 3.05) is 6.61 Å². The monoisotopic (exact) mass is 311 g/mol. The molecule has 0 aliphatic heterocycles. The van der Waals surface area contributed by atoms with Crippen LogP contribution in [0.5, 0.6) is 5.75 Å². The molecule has 0 radical (unpaired) electrons. The summed E-state index contributed by atoms with van der Waals surface area (Å²) in [4.78, 5) is 12.1. The van der Waals surface area contributed by atoms with Crippen molar-refractivity contribution in [3.05, 3.63) is 64.2 Å². The van der Waals surface area contributed by atoms with Gasteiger partial charge in [0.05, 0.1) is 6.04 Å². The minimum absolute atomic E-state index is 0.0255. The largest absolute Gasteiger partial charge is 0.484 e. The van der Waals surface area contributed by atoms with Crippen molar-refractivity contribution < 1.29 is 9.53 Å². The van der Waals surface area contributed by atoms with E-state index >= 15 is 0 Å². The van der Waals surface area contributed by atoms with Crippen LogP contribution in [0.2, 0.25) is 0 Å². The normalized spacial score (nSPS) is 11.9. The van der Waals surface area contributed by atoms with Crippen LogP contribution in [0, 0.1) is 27.7 Å². The van der Waals surface area contributed by atoms with Crippen LogP contribution < -0.4 is 10.1 Å². The summed E-state index contributed by atoms with van der Waals surface area (Å²) in [6.07, 6.45) is 0. The third kappa shape index (κ3) is 4.59. The Hall–Kier alpha value is -2.29. The Morgan fingerprint density at radius 3 is 2.39 bits per heavy atom. The summed E-state index contributed by atoms with van der Waals surface area (Å²) in [5, 5.41) is 2.99. The van der Waals surface area contributed by atoms with Crippen molar-refractivity contribution in [3.63, 3.8) is 0 Å². The number of aryl methyl sites for hydroxylation is 4. The van der Waals surface area contributed by atoms with E-state index in [1.54, 1.807) is 0 Å². The molecule has 3 heteroatoms. The first kappa shape index (κ1) is 17.1. The molecule has 0 spiro atoms. The van der Waals surface area contributed by atoms with Crippen molar-refractivity contribution in [1.82, 2.24) is 5.32 Å². The SMILES string of the molecule is Cc1ccc([C@@H](C)NC(=O)COc2ccc(C)c(C)c2)c(C)c1. The van der Waals surface area contributed by atoms with Crippen molar-refractivity contribution in [1.29, 1.82) is 0 Å². The Morgan fingerprint density at radius 2 is 1.74 bits per heavy atom. The number of benzene rings is 2. The molecule has 2 aromatic rings. The molecule has 0 bridgehead atoms. The van der Waals surface area contributed by atoms with Gasteiger partial charge in [-0.25, -0.2) is 0 Å². The molecule has 23 heavy (non-hydrogen) atoms. The highest BCUT2D eigenvalue weighted by Gasteiger charge is 2.12. The number of hydrogen-bond donors (Lipinski definition) is 1. The zero-order chi connectivity index (χ0) is 17.0. The molecule has 0 saturated carbocycles. The molecule has 0 fully saturated rings. The molecular formula is C20H25NO2. The number of ether oxygens (including phenoxy) is 1. The van der Waals surface area contributed by atoms with Gasteiger partial charge in [-0.05, 0) is 69.0 Å². The average molecular weight is 311 g/mol. The molecule has 0 aliphatic rings. The van der Waals surface area contributed by atoms with E-state index in [0.717, 1.165) is 16.9 Å². The Morgan fingerprint density at radius 1 is 1.00 bits per heavy atom. The van der Waals surface area contributed by atoms with Crippen LogP contribution in [-0.4, -0.2) is 12.5 Å². The maximum absolute atomic E-state index is 12.1. The van der Waals surface area contributed by atoms with Gasteiger partial charge in [-0.2, -0.15) is 0 Å². The predicted octanol–water partition coefficient (Wildman–Crippen LogP) is 4.18. The van der Waals surface area contributed by atoms with Crippen LogP contribution in [0.1, 0.15) is 40.8 Å². The van der Waals surface area contributed by atoms with Gasteiger partial charge in [0.25, 0.3) is 5.91 Å². The summed E-state index contributed by atoms with van der Waals surface area (Å²) in [6.45, 7) is 10.2. The van der Waals surface area contributed by atoms with Gasteiger partial charge in [-0.3, -0.25) is 4.79 Å². The fraction of sp³-hybridized carbons (Fsp3) is 0.350. The minimum atomic E-state index is -0.115. The summed E-state index contributed by atoms with van der Waals surface area (Å²) in [5.41, 5.74) is 5.92. The minimum Gasteiger partial charge on any atom is -0.484 e. The van der Waals surface area contributed by atoms with Gasteiger partial charge in [0, 0.05) is 0 Å². The molecule has 3 nitrogen and oxygen atoms in total. The van der Waals surface area contributed by atoms with Crippen LogP contribution in [-0.2, 0) is 4.79 Å². The van der Waals surface area contributed by atoms with Crippen LogP contribution in [0.3, 0.4) is 0 Å². The molecular weight excluding hydrogens is 286 g/mol. The first-order valence-corrected chi connectivity index (χ1v) is 7.93. The Bertz CT molecular complexity index is 707. The molecule has 0 saturated heterocycles. The Kier molecular flexibility index (Phi) is 5.43. The van der Waals surface area contributed by atoms with E-state index < -0.39 is 0 Å². The molecule has 0 heterocycles. The fourth-order valence-electron chi connectivity index (χ4n) is 2.62. The molecule has 2 rings (SSSR count). The maximum Gasteiger partial charge on any atom is 0.258 e. The molecule has 122 valence electrons. The lowest BCUT2D eigenvalue weighted by Crippen LogP contribution is -2.31. The van der Waals surface area contributed by atoms with Crippen molar-refractivity contribution in [2.45, 2.75) is 40.7 Å². The van der Waals surface area contributed by atoms with E-state index in [1.165, 1.54) is 16.7 Å². The predicted molar refractivity (Wildman–Crippen MR) is 93.9 cm³/mol. The first-order valence-electron chi connectivity index (χ1n) is 7.93. The number of carbonyl (C=O) groups is 1. The number of nitrogens with one attached hydrogen (secondary N) is 1. The second kappa shape index (κ2) is 7.32. The summed E-state index contributed by atoms with van der Waals surface area (Å²) in [6, 6.07) is 12.1. The van der Waals surface area contributed by atoms with Gasteiger partial charge >= 0.3 is 0 Å². The van der Waals surface area contributed by atoms with Crippen LogP contribution >= 0.6 is 0 Å². The number of amides is 1. The zero-order valence-corrected chi connectivity index (χ0v) is 14.6. The lowest BCUT2D eigenvalue weighted by atomic mass is 10.0. The molecule has 0 aliphatic carbocycles. The third-order valence-electron chi connectivity index (χ3n) is 4.12. The second-order valence-corrected chi connectivity index (χ2v) is 6.18. The fourth-order valence-corrected chi connectivity index (χ4v) is 2.62. The van der Waals surface area contributed by atoms with Crippen LogP contribution in [0.25, 0.3) is 0 Å². The highest BCUT2D eigenvalue weighted by atomic mass is 16.5. The second-order valence-electron chi connectivity index (χ2n) is 6.18. The standard InChI is InChI=1S/C20H25NO2/c1-13-6-9-19(16(4)10-13)17(5)21-20(22)12-23-18-8-7-14(2)15(3)11-18/h6-11,17H,12H2,1-5H3,(H,21,22)/t17-/m1/s1. The van der Waals surface area contributed by atoms with Crippen molar-refractivity contribution >= 4 is 5.91 Å². The van der Waals surface area contributed by atoms with Crippen molar-refractivity contribution in [2.24, 2.45) is 0 Å². The van der Waals surface area contributed by atoms with Gasteiger partial charge in [0.1, 0.15) is 5.75 Å². The topological polar surface area (TPSA) is 38.3 Å².